The summed E-state index contributed by atoms with van der Waals surface area (Å²) in [4.78, 5) is 11.2. The molecule has 3 nitrogen and oxygen atoms in total. The van der Waals surface area contributed by atoms with Crippen molar-refractivity contribution >= 4 is 5.91 Å². The van der Waals surface area contributed by atoms with Crippen LogP contribution in [-0.2, 0) is 4.79 Å². The van der Waals surface area contributed by atoms with Gasteiger partial charge in [0, 0.05) is 19.5 Å². The fourth-order valence-corrected chi connectivity index (χ4v) is 1.03. The Morgan fingerprint density at radius 3 is 2.64 bits per heavy atom. The summed E-state index contributed by atoms with van der Waals surface area (Å²) < 4.78 is 0. The molecule has 0 radical (unpaired) electrons. The van der Waals surface area contributed by atoms with Gasteiger partial charge in [0.2, 0.25) is 5.91 Å². The Kier molecular flexibility index (Phi) is 7.96. The summed E-state index contributed by atoms with van der Waals surface area (Å²) in [6, 6.07) is 0.0916. The molecule has 0 aliphatic carbocycles. The molecule has 0 aromatic rings. The second-order valence-electron chi connectivity index (χ2n) is 3.18. The molecule has 3 heteroatoms. The Bertz CT molecular complexity index is 196. The highest BCUT2D eigenvalue weighted by Crippen LogP contribution is 1.88. The average molecular weight is 196 g/mol. The highest BCUT2D eigenvalue weighted by Gasteiger charge is 2.02. The number of carbonyl (C=O) groups is 1. The van der Waals surface area contributed by atoms with Crippen LogP contribution in [0.5, 0.6) is 0 Å². The van der Waals surface area contributed by atoms with E-state index in [1.165, 1.54) is 0 Å². The van der Waals surface area contributed by atoms with E-state index in [2.05, 4.69) is 16.6 Å². The maximum absolute atomic E-state index is 11.2. The fraction of sp³-hybridized carbons (Fsp3) is 0.727. The first kappa shape index (κ1) is 13.0. The van der Waals surface area contributed by atoms with Crippen molar-refractivity contribution in [2.24, 2.45) is 0 Å². The Morgan fingerprint density at radius 1 is 1.43 bits per heavy atom. The van der Waals surface area contributed by atoms with Crippen molar-refractivity contribution in [2.75, 3.05) is 13.1 Å². The van der Waals surface area contributed by atoms with E-state index in [-0.39, 0.29) is 11.9 Å². The van der Waals surface area contributed by atoms with E-state index >= 15 is 0 Å². The normalized spacial score (nSPS) is 11.8. The van der Waals surface area contributed by atoms with E-state index in [9.17, 15) is 4.79 Å². The minimum absolute atomic E-state index is 0.0891. The van der Waals surface area contributed by atoms with Gasteiger partial charge in [0.1, 0.15) is 0 Å². The zero-order chi connectivity index (χ0) is 10.8. The van der Waals surface area contributed by atoms with Gasteiger partial charge in [-0.15, -0.1) is 6.42 Å². The van der Waals surface area contributed by atoms with Gasteiger partial charge in [-0.1, -0.05) is 19.8 Å². The smallest absolute Gasteiger partial charge is 0.221 e. The highest BCUT2D eigenvalue weighted by molar-refractivity contribution is 5.75. The van der Waals surface area contributed by atoms with Crippen LogP contribution in [-0.4, -0.2) is 25.0 Å². The van der Waals surface area contributed by atoms with Gasteiger partial charge in [-0.25, -0.2) is 0 Å². The van der Waals surface area contributed by atoms with Crippen molar-refractivity contribution in [1.29, 1.82) is 0 Å². The lowest BCUT2D eigenvalue weighted by Gasteiger charge is -2.09. The predicted octanol–water partition coefficient (Wildman–Crippen LogP) is 0.904. The van der Waals surface area contributed by atoms with E-state index in [1.54, 1.807) is 0 Å². The topological polar surface area (TPSA) is 41.1 Å². The Labute approximate surface area is 86.6 Å². The summed E-state index contributed by atoms with van der Waals surface area (Å²) >= 11 is 0. The van der Waals surface area contributed by atoms with E-state index in [4.69, 9.17) is 6.42 Å². The van der Waals surface area contributed by atoms with Gasteiger partial charge < -0.3 is 10.6 Å². The summed E-state index contributed by atoms with van der Waals surface area (Å²) in [5.74, 6) is 2.71. The third-order valence-electron chi connectivity index (χ3n) is 1.92. The number of hydrogen-bond acceptors (Lipinski definition) is 2. The van der Waals surface area contributed by atoms with Crippen molar-refractivity contribution in [3.05, 3.63) is 0 Å². The lowest BCUT2D eigenvalue weighted by Crippen LogP contribution is -2.32. The third-order valence-corrected chi connectivity index (χ3v) is 1.92. The van der Waals surface area contributed by atoms with Crippen LogP contribution < -0.4 is 10.6 Å². The third kappa shape index (κ3) is 6.50. The molecule has 2 N–H and O–H groups in total. The monoisotopic (exact) mass is 196 g/mol. The first-order valence-electron chi connectivity index (χ1n) is 5.20. The van der Waals surface area contributed by atoms with Gasteiger partial charge in [0.05, 0.1) is 6.04 Å². The molecular formula is C11H20N2O. The quantitative estimate of drug-likeness (QED) is 0.594. The Morgan fingerprint density at radius 2 is 2.14 bits per heavy atom. The summed E-state index contributed by atoms with van der Waals surface area (Å²) in [5, 5.41) is 5.94. The van der Waals surface area contributed by atoms with Crippen LogP contribution in [0.15, 0.2) is 0 Å². The number of amides is 1. The van der Waals surface area contributed by atoms with Gasteiger partial charge >= 0.3 is 0 Å². The molecule has 80 valence electrons. The van der Waals surface area contributed by atoms with Crippen molar-refractivity contribution < 1.29 is 4.79 Å². The molecule has 0 heterocycles. The molecule has 0 rings (SSSR count). The molecule has 0 aromatic carbocycles. The van der Waals surface area contributed by atoms with Crippen LogP contribution in [0.4, 0.5) is 0 Å². The SMILES string of the molecule is C#CC(CC)NCCC(=O)NCCC. The number of terminal acetylenes is 1. The largest absolute Gasteiger partial charge is 0.356 e. The van der Waals surface area contributed by atoms with Crippen LogP contribution in [0.3, 0.4) is 0 Å². The van der Waals surface area contributed by atoms with Gasteiger partial charge in [0.15, 0.2) is 0 Å². The minimum atomic E-state index is 0.0891. The maximum atomic E-state index is 11.2. The molecule has 14 heavy (non-hydrogen) atoms. The number of rotatable bonds is 7. The molecule has 1 unspecified atom stereocenters. The fourth-order valence-electron chi connectivity index (χ4n) is 1.03. The van der Waals surface area contributed by atoms with Gasteiger partial charge in [-0.3, -0.25) is 4.79 Å². The predicted molar refractivity (Wildman–Crippen MR) is 58.8 cm³/mol. The Hall–Kier alpha value is -1.01. The first-order chi connectivity index (χ1) is 6.74. The molecule has 0 aliphatic heterocycles. The first-order valence-corrected chi connectivity index (χ1v) is 5.20. The Balaban J connectivity index is 3.44. The highest BCUT2D eigenvalue weighted by atomic mass is 16.1. The van der Waals surface area contributed by atoms with Crippen molar-refractivity contribution in [3.63, 3.8) is 0 Å². The standard InChI is InChI=1S/C11H20N2O/c1-4-8-13-11(14)7-9-12-10(5-2)6-3/h2,10,12H,4,6-9H2,1,3H3,(H,13,14). The summed E-state index contributed by atoms with van der Waals surface area (Å²) in [5.41, 5.74) is 0. The maximum Gasteiger partial charge on any atom is 0.221 e. The second-order valence-corrected chi connectivity index (χ2v) is 3.18. The molecule has 1 amide bonds. The number of nitrogens with one attached hydrogen (secondary N) is 2. The number of hydrogen-bond donors (Lipinski definition) is 2. The van der Waals surface area contributed by atoms with Gasteiger partial charge in [-0.05, 0) is 12.8 Å². The zero-order valence-corrected chi connectivity index (χ0v) is 9.10. The van der Waals surface area contributed by atoms with Gasteiger partial charge in [0.25, 0.3) is 0 Å². The van der Waals surface area contributed by atoms with E-state index in [1.807, 2.05) is 13.8 Å². The van der Waals surface area contributed by atoms with Crippen molar-refractivity contribution in [3.8, 4) is 12.3 Å². The molecule has 0 saturated heterocycles. The minimum Gasteiger partial charge on any atom is -0.356 e. The van der Waals surface area contributed by atoms with Crippen LogP contribution in [0, 0.1) is 12.3 Å². The van der Waals surface area contributed by atoms with E-state index in [0.29, 0.717) is 13.0 Å². The molecule has 0 bridgehead atoms. The lowest BCUT2D eigenvalue weighted by atomic mass is 10.2. The van der Waals surface area contributed by atoms with Crippen molar-refractivity contribution in [1.82, 2.24) is 10.6 Å². The molecule has 0 aliphatic rings. The average Bonchev–Trinajstić information content (AvgIpc) is 2.21. The van der Waals surface area contributed by atoms with Crippen LogP contribution in [0.25, 0.3) is 0 Å². The van der Waals surface area contributed by atoms with E-state index in [0.717, 1.165) is 19.4 Å². The zero-order valence-electron chi connectivity index (χ0n) is 9.10. The summed E-state index contributed by atoms with van der Waals surface area (Å²) in [6.07, 6.45) is 7.63. The second kappa shape index (κ2) is 8.58. The summed E-state index contributed by atoms with van der Waals surface area (Å²) in [6.45, 7) is 5.46. The molecule has 1 atom stereocenters. The van der Waals surface area contributed by atoms with Gasteiger partial charge in [-0.2, -0.15) is 0 Å². The van der Waals surface area contributed by atoms with Crippen LogP contribution in [0.1, 0.15) is 33.1 Å². The molecule has 0 spiro atoms. The molecular weight excluding hydrogens is 176 g/mol. The van der Waals surface area contributed by atoms with Crippen molar-refractivity contribution in [2.45, 2.75) is 39.2 Å². The van der Waals surface area contributed by atoms with E-state index < -0.39 is 0 Å². The van der Waals surface area contributed by atoms with Crippen LogP contribution >= 0.6 is 0 Å². The molecule has 0 saturated carbocycles. The molecule has 0 aromatic heterocycles. The number of carbonyl (C=O) groups excluding carboxylic acids is 1. The lowest BCUT2D eigenvalue weighted by molar-refractivity contribution is -0.120. The van der Waals surface area contributed by atoms with Crippen LogP contribution in [0.2, 0.25) is 0 Å². The summed E-state index contributed by atoms with van der Waals surface area (Å²) in [7, 11) is 0. The molecule has 0 fully saturated rings.